The number of hydrogen-bond donors (Lipinski definition) is 2. The maximum atomic E-state index is 10.5. The van der Waals surface area contributed by atoms with Crippen molar-refractivity contribution in [2.75, 3.05) is 18.4 Å². The molecule has 2 unspecified atom stereocenters. The van der Waals surface area contributed by atoms with Crippen molar-refractivity contribution in [3.63, 3.8) is 0 Å². The van der Waals surface area contributed by atoms with Crippen LogP contribution in [0.2, 0.25) is 0 Å². The Morgan fingerprint density at radius 1 is 1.00 bits per heavy atom. The minimum Gasteiger partial charge on any atom is -0.317 e. The average Bonchev–Trinajstić information content (AvgIpc) is 3.64. The highest BCUT2D eigenvalue weighted by Gasteiger charge is 2.34. The number of nitrogens with one attached hydrogen (secondary N) is 2. The van der Waals surface area contributed by atoms with Crippen LogP contribution in [-0.4, -0.2) is 29.5 Å². The van der Waals surface area contributed by atoms with E-state index in [0.29, 0.717) is 18.1 Å². The third kappa shape index (κ3) is 7.63. The molecule has 2 aromatic heterocycles. The lowest BCUT2D eigenvalue weighted by Crippen LogP contribution is -2.26. The molecule has 2 fully saturated rings. The molecule has 1 aromatic carbocycles. The van der Waals surface area contributed by atoms with Crippen LogP contribution >= 0.6 is 0 Å². The highest BCUT2D eigenvalue weighted by atomic mass is 16.1. The zero-order valence-corrected chi connectivity index (χ0v) is 21.8. The van der Waals surface area contributed by atoms with Gasteiger partial charge in [0.2, 0.25) is 6.41 Å². The summed E-state index contributed by atoms with van der Waals surface area (Å²) in [4.78, 5) is 19.0. The van der Waals surface area contributed by atoms with Crippen LogP contribution in [0.4, 0.5) is 5.82 Å². The number of carbonyl (C=O) groups excluding carboxylic acids is 1. The summed E-state index contributed by atoms with van der Waals surface area (Å²) in [5.41, 5.74) is 4.04. The van der Waals surface area contributed by atoms with Crippen LogP contribution in [0.3, 0.4) is 0 Å². The second kappa shape index (κ2) is 14.5. The van der Waals surface area contributed by atoms with Crippen LogP contribution in [0.1, 0.15) is 82.5 Å². The van der Waals surface area contributed by atoms with E-state index in [0.717, 1.165) is 35.7 Å². The number of benzene rings is 1. The van der Waals surface area contributed by atoms with Gasteiger partial charge in [-0.25, -0.2) is 4.98 Å². The van der Waals surface area contributed by atoms with E-state index in [1.165, 1.54) is 36.1 Å². The van der Waals surface area contributed by atoms with E-state index in [-0.39, 0.29) is 0 Å². The first kappa shape index (κ1) is 27.5. The van der Waals surface area contributed by atoms with E-state index in [1.807, 2.05) is 52.2 Å². The molecule has 0 radical (unpaired) electrons. The van der Waals surface area contributed by atoms with Gasteiger partial charge in [-0.15, -0.1) is 0 Å². The normalized spacial score (nSPS) is 18.8. The lowest BCUT2D eigenvalue weighted by Gasteiger charge is -2.25. The molecule has 184 valence electrons. The van der Waals surface area contributed by atoms with Crippen molar-refractivity contribution in [3.8, 4) is 0 Å². The smallest absolute Gasteiger partial charge is 0.212 e. The Balaban J connectivity index is 0.000000244. The molecule has 5 heteroatoms. The molecular formula is C29H42N4O. The van der Waals surface area contributed by atoms with Crippen LogP contribution in [0.5, 0.6) is 0 Å². The highest BCUT2D eigenvalue weighted by Crippen LogP contribution is 2.45. The molecule has 2 aliphatic rings. The van der Waals surface area contributed by atoms with E-state index in [1.54, 1.807) is 0 Å². The number of carbonyl (C=O) groups is 1. The third-order valence-electron chi connectivity index (χ3n) is 6.27. The summed E-state index contributed by atoms with van der Waals surface area (Å²) in [5.74, 6) is 2.88. The maximum absolute atomic E-state index is 10.5. The number of rotatable bonds is 4. The Morgan fingerprint density at radius 2 is 1.71 bits per heavy atom. The van der Waals surface area contributed by atoms with Gasteiger partial charge in [-0.3, -0.25) is 9.78 Å². The second-order valence-electron chi connectivity index (χ2n) is 8.49. The number of aromatic nitrogens is 2. The molecule has 0 bridgehead atoms. The van der Waals surface area contributed by atoms with Crippen molar-refractivity contribution in [2.24, 2.45) is 5.92 Å². The molecule has 5 nitrogen and oxygen atoms in total. The second-order valence-corrected chi connectivity index (χ2v) is 8.49. The average molecular weight is 463 g/mol. The van der Waals surface area contributed by atoms with Crippen molar-refractivity contribution in [3.05, 3.63) is 65.6 Å². The van der Waals surface area contributed by atoms with Crippen molar-refractivity contribution in [1.29, 1.82) is 0 Å². The number of anilines is 1. The fourth-order valence-corrected chi connectivity index (χ4v) is 4.37. The number of amides is 1. The van der Waals surface area contributed by atoms with E-state index in [9.17, 15) is 4.79 Å². The molecular weight excluding hydrogens is 420 g/mol. The molecule has 1 amide bonds. The van der Waals surface area contributed by atoms with Gasteiger partial charge in [0, 0.05) is 29.4 Å². The Morgan fingerprint density at radius 3 is 2.29 bits per heavy atom. The molecule has 1 aliphatic heterocycles. The minimum atomic E-state index is 0.604. The van der Waals surface area contributed by atoms with Crippen LogP contribution in [0, 0.1) is 12.8 Å². The summed E-state index contributed by atoms with van der Waals surface area (Å²) >= 11 is 0. The van der Waals surface area contributed by atoms with Gasteiger partial charge in [0.1, 0.15) is 5.82 Å². The Kier molecular flexibility index (Phi) is 11.7. The fraction of sp³-hybridized carbons (Fsp3) is 0.483. The number of piperidine rings is 1. The molecule has 3 aromatic rings. The van der Waals surface area contributed by atoms with Gasteiger partial charge in [-0.05, 0) is 91.9 Å². The lowest BCUT2D eigenvalue weighted by atomic mass is 9.86. The lowest BCUT2D eigenvalue weighted by molar-refractivity contribution is -0.105. The van der Waals surface area contributed by atoms with Gasteiger partial charge in [0.25, 0.3) is 0 Å². The molecule has 34 heavy (non-hydrogen) atoms. The summed E-state index contributed by atoms with van der Waals surface area (Å²) in [6.45, 7) is 14.6. The number of fused-ring (bicyclic) bond motifs is 1. The summed E-state index contributed by atoms with van der Waals surface area (Å²) < 4.78 is 0. The van der Waals surface area contributed by atoms with Crippen LogP contribution < -0.4 is 10.6 Å². The predicted octanol–water partition coefficient (Wildman–Crippen LogP) is 6.84. The van der Waals surface area contributed by atoms with E-state index >= 15 is 0 Å². The maximum Gasteiger partial charge on any atom is 0.212 e. The largest absolute Gasteiger partial charge is 0.317 e. The van der Waals surface area contributed by atoms with Gasteiger partial charge in [0.15, 0.2) is 0 Å². The number of nitrogens with zero attached hydrogens (tertiary/aromatic N) is 2. The first-order chi connectivity index (χ1) is 16.7. The van der Waals surface area contributed by atoms with Crippen molar-refractivity contribution in [1.82, 2.24) is 15.3 Å². The molecule has 5 rings (SSSR count). The summed E-state index contributed by atoms with van der Waals surface area (Å²) in [6.07, 6.45) is 8.07. The van der Waals surface area contributed by atoms with Gasteiger partial charge in [-0.1, -0.05) is 46.8 Å². The molecule has 1 saturated carbocycles. The van der Waals surface area contributed by atoms with Crippen LogP contribution in [0.25, 0.3) is 10.8 Å². The van der Waals surface area contributed by atoms with Crippen LogP contribution in [-0.2, 0) is 4.79 Å². The van der Waals surface area contributed by atoms with Gasteiger partial charge < -0.3 is 10.6 Å². The zero-order valence-electron chi connectivity index (χ0n) is 21.8. The molecule has 2 atom stereocenters. The van der Waals surface area contributed by atoms with E-state index in [2.05, 4.69) is 58.7 Å². The minimum absolute atomic E-state index is 0.604. The topological polar surface area (TPSA) is 66.9 Å². The molecule has 1 saturated heterocycles. The summed E-state index contributed by atoms with van der Waals surface area (Å²) in [6, 6.07) is 12.6. The quantitative estimate of drug-likeness (QED) is 0.417. The van der Waals surface area contributed by atoms with Crippen molar-refractivity contribution in [2.45, 2.75) is 72.6 Å². The standard InChI is InChI=1S/C16H19N3O.C9H11N.2C2H6/c1-11-6-14-9-18-16(19-10-20)8-13(14)7-15(11)12-2-4-17-5-3-12;1-7-6-8(7)9-4-2-3-5-10-9;2*1-2/h6-10,12,17H,2-5H2,1H3,(H,18,19,20);2-5,7-8H,6H2,1H3;2*1-2H3. The Bertz CT molecular complexity index is 1000. The number of pyridine rings is 2. The van der Waals surface area contributed by atoms with Gasteiger partial charge in [-0.2, -0.15) is 0 Å². The first-order valence-corrected chi connectivity index (χ1v) is 12.9. The van der Waals surface area contributed by atoms with E-state index in [4.69, 9.17) is 0 Å². The molecule has 1 aliphatic carbocycles. The fourth-order valence-electron chi connectivity index (χ4n) is 4.37. The van der Waals surface area contributed by atoms with Gasteiger partial charge >= 0.3 is 0 Å². The molecule has 0 spiro atoms. The predicted molar refractivity (Wildman–Crippen MR) is 144 cm³/mol. The van der Waals surface area contributed by atoms with Crippen LogP contribution in [0.15, 0.2) is 48.8 Å². The SMILES string of the molecule is CC.CC.CC1CC1c1ccccn1.Cc1cc2cnc(NC=O)cc2cc1C1CCNCC1. The van der Waals surface area contributed by atoms with Crippen molar-refractivity contribution < 1.29 is 4.79 Å². The monoisotopic (exact) mass is 462 g/mol. The van der Waals surface area contributed by atoms with Gasteiger partial charge in [0.05, 0.1) is 0 Å². The highest BCUT2D eigenvalue weighted by molar-refractivity contribution is 5.87. The van der Waals surface area contributed by atoms with Crippen molar-refractivity contribution >= 4 is 23.0 Å². The molecule has 3 heterocycles. The number of aryl methyl sites for hydroxylation is 1. The third-order valence-corrected chi connectivity index (χ3v) is 6.27. The Labute approximate surface area is 205 Å². The molecule has 2 N–H and O–H groups in total. The zero-order chi connectivity index (χ0) is 24.9. The summed E-state index contributed by atoms with van der Waals surface area (Å²) in [7, 11) is 0. The number of hydrogen-bond acceptors (Lipinski definition) is 4. The first-order valence-electron chi connectivity index (χ1n) is 12.9. The summed E-state index contributed by atoms with van der Waals surface area (Å²) in [5, 5.41) is 8.28. The van der Waals surface area contributed by atoms with E-state index < -0.39 is 0 Å². The Hall–Kier alpha value is -2.79.